The number of hydrogen-bond acceptors (Lipinski definition) is 4. The molecule has 1 aromatic heterocycles. The van der Waals surface area contributed by atoms with Gasteiger partial charge in [0.25, 0.3) is 0 Å². The van der Waals surface area contributed by atoms with Crippen LogP contribution in [-0.2, 0) is 17.9 Å². The number of ether oxygens (including phenoxy) is 1. The van der Waals surface area contributed by atoms with E-state index in [2.05, 4.69) is 15.6 Å². The van der Waals surface area contributed by atoms with Crippen LogP contribution in [0.25, 0.3) is 0 Å². The Morgan fingerprint density at radius 2 is 1.81 bits per heavy atom. The molecule has 7 nitrogen and oxygen atoms in total. The molecule has 2 N–H and O–H groups in total. The quantitative estimate of drug-likeness (QED) is 0.487. The lowest BCUT2D eigenvalue weighted by Crippen LogP contribution is -2.49. The predicted molar refractivity (Wildman–Crippen MR) is 123 cm³/mol. The lowest BCUT2D eigenvalue weighted by Gasteiger charge is -2.35. The minimum atomic E-state index is -0.379. The third kappa shape index (κ3) is 5.55. The van der Waals surface area contributed by atoms with Crippen LogP contribution in [0.2, 0.25) is 5.02 Å². The number of carbonyl (C=O) groups excluding carboxylic acids is 2. The molecule has 1 fully saturated rings. The Morgan fingerprint density at radius 1 is 1.09 bits per heavy atom. The molecule has 0 atom stereocenters. The molecular formula is C24H25ClN4O3. The fourth-order valence-corrected chi connectivity index (χ4v) is 3.81. The van der Waals surface area contributed by atoms with Gasteiger partial charge in [-0.2, -0.15) is 0 Å². The van der Waals surface area contributed by atoms with Gasteiger partial charge in [-0.15, -0.1) is 0 Å². The van der Waals surface area contributed by atoms with E-state index in [-0.39, 0.29) is 29.8 Å². The van der Waals surface area contributed by atoms with Crippen molar-refractivity contribution in [3.63, 3.8) is 0 Å². The zero-order valence-electron chi connectivity index (χ0n) is 17.8. The first-order chi connectivity index (χ1) is 15.5. The Labute approximate surface area is 191 Å². The van der Waals surface area contributed by atoms with E-state index in [9.17, 15) is 9.59 Å². The minimum absolute atomic E-state index is 0.0349. The van der Waals surface area contributed by atoms with E-state index in [0.29, 0.717) is 23.9 Å². The van der Waals surface area contributed by atoms with Gasteiger partial charge >= 0.3 is 6.03 Å². The van der Waals surface area contributed by atoms with Crippen LogP contribution < -0.4 is 10.6 Å². The minimum Gasteiger partial charge on any atom is -0.373 e. The Kier molecular flexibility index (Phi) is 6.87. The van der Waals surface area contributed by atoms with Gasteiger partial charge in [0.1, 0.15) is 5.69 Å². The summed E-state index contributed by atoms with van der Waals surface area (Å²) in [6, 6.07) is 17.0. The molecule has 3 aromatic rings. The monoisotopic (exact) mass is 452 g/mol. The standard InChI is InChI=1S/C24H25ClN4O3/c1-16(30)22-23(26-15-29(22)13-17-7-9-19(25)10-8-17)28-24(31)27-20-11-21(12-20)32-14-18-5-3-2-4-6-18/h2-10,15,20-21H,11-14H2,1H3,(H2,27,28,31). The molecule has 4 rings (SSSR count). The van der Waals surface area contributed by atoms with Crippen LogP contribution in [0.15, 0.2) is 60.9 Å². The number of Topliss-reactive ketones (excluding diaryl/α,β-unsaturated/α-hetero) is 1. The predicted octanol–water partition coefficient (Wildman–Crippen LogP) is 4.66. The van der Waals surface area contributed by atoms with E-state index in [0.717, 1.165) is 24.0 Å². The molecule has 8 heteroatoms. The number of halogens is 1. The van der Waals surface area contributed by atoms with E-state index in [1.165, 1.54) is 6.92 Å². The molecule has 0 bridgehead atoms. The van der Waals surface area contributed by atoms with Crippen LogP contribution in [0.4, 0.5) is 10.6 Å². The van der Waals surface area contributed by atoms with Crippen molar-refractivity contribution in [1.29, 1.82) is 0 Å². The van der Waals surface area contributed by atoms with Crippen molar-refractivity contribution in [2.24, 2.45) is 0 Å². The Hall–Kier alpha value is -3.16. The van der Waals surface area contributed by atoms with Crippen LogP contribution in [-0.4, -0.2) is 33.5 Å². The number of hydrogen-bond donors (Lipinski definition) is 2. The number of rotatable bonds is 8. The number of urea groups is 1. The zero-order valence-corrected chi connectivity index (χ0v) is 18.5. The van der Waals surface area contributed by atoms with Crippen LogP contribution in [0.3, 0.4) is 0 Å². The number of nitrogens with zero attached hydrogens (tertiary/aromatic N) is 2. The van der Waals surface area contributed by atoms with Crippen LogP contribution in [0.1, 0.15) is 41.4 Å². The normalized spacial score (nSPS) is 17.4. The molecule has 1 aliphatic rings. The maximum atomic E-state index is 12.4. The molecule has 2 amide bonds. The number of amides is 2. The molecule has 0 aliphatic heterocycles. The van der Waals surface area contributed by atoms with E-state index < -0.39 is 0 Å². The van der Waals surface area contributed by atoms with Gasteiger partial charge in [-0.1, -0.05) is 54.1 Å². The van der Waals surface area contributed by atoms with Crippen molar-refractivity contribution < 1.29 is 14.3 Å². The summed E-state index contributed by atoms with van der Waals surface area (Å²) in [7, 11) is 0. The highest BCUT2D eigenvalue weighted by molar-refractivity contribution is 6.30. The number of anilines is 1. The summed E-state index contributed by atoms with van der Waals surface area (Å²) in [6.07, 6.45) is 3.19. The second-order valence-corrected chi connectivity index (χ2v) is 8.37. The third-order valence-corrected chi connectivity index (χ3v) is 5.68. The van der Waals surface area contributed by atoms with Crippen molar-refractivity contribution >= 4 is 29.2 Å². The highest BCUT2D eigenvalue weighted by Crippen LogP contribution is 2.25. The number of nitrogens with one attached hydrogen (secondary N) is 2. The Morgan fingerprint density at radius 3 is 2.50 bits per heavy atom. The van der Waals surface area contributed by atoms with Gasteiger partial charge < -0.3 is 14.6 Å². The molecule has 1 saturated carbocycles. The molecule has 166 valence electrons. The molecular weight excluding hydrogens is 428 g/mol. The SMILES string of the molecule is CC(=O)c1c(NC(=O)NC2CC(OCc3ccccc3)C2)ncn1Cc1ccc(Cl)cc1. The molecule has 0 unspecified atom stereocenters. The summed E-state index contributed by atoms with van der Waals surface area (Å²) in [4.78, 5) is 28.9. The first-order valence-corrected chi connectivity index (χ1v) is 10.9. The molecule has 0 saturated heterocycles. The average molecular weight is 453 g/mol. The summed E-state index contributed by atoms with van der Waals surface area (Å²) in [5.41, 5.74) is 2.46. The van der Waals surface area contributed by atoms with Gasteiger partial charge in [-0.25, -0.2) is 9.78 Å². The summed E-state index contributed by atoms with van der Waals surface area (Å²) < 4.78 is 7.59. The largest absolute Gasteiger partial charge is 0.373 e. The van der Waals surface area contributed by atoms with E-state index in [1.54, 1.807) is 23.0 Å². The smallest absolute Gasteiger partial charge is 0.320 e. The summed E-state index contributed by atoms with van der Waals surface area (Å²) in [5.74, 6) is 0.0740. The molecule has 0 radical (unpaired) electrons. The van der Waals surface area contributed by atoms with Crippen molar-refractivity contribution in [3.8, 4) is 0 Å². The second-order valence-electron chi connectivity index (χ2n) is 7.94. The first-order valence-electron chi connectivity index (χ1n) is 10.5. The summed E-state index contributed by atoms with van der Waals surface area (Å²) in [5, 5.41) is 6.28. The lowest BCUT2D eigenvalue weighted by molar-refractivity contribution is -0.0237. The molecule has 1 aliphatic carbocycles. The molecule has 2 aromatic carbocycles. The van der Waals surface area contributed by atoms with Crippen LogP contribution in [0, 0.1) is 0 Å². The first kappa shape index (κ1) is 22.0. The molecule has 1 heterocycles. The average Bonchev–Trinajstić information content (AvgIpc) is 3.14. The van der Waals surface area contributed by atoms with Gasteiger partial charge in [0.2, 0.25) is 0 Å². The number of ketones is 1. The number of imidazole rings is 1. The van der Waals surface area contributed by atoms with Gasteiger partial charge in [0, 0.05) is 24.5 Å². The lowest BCUT2D eigenvalue weighted by atomic mass is 9.89. The zero-order chi connectivity index (χ0) is 22.5. The van der Waals surface area contributed by atoms with Crippen LogP contribution in [0.5, 0.6) is 0 Å². The van der Waals surface area contributed by atoms with E-state index >= 15 is 0 Å². The number of benzene rings is 2. The van der Waals surface area contributed by atoms with E-state index in [4.69, 9.17) is 16.3 Å². The summed E-state index contributed by atoms with van der Waals surface area (Å²) in [6.45, 7) is 2.47. The van der Waals surface area contributed by atoms with Gasteiger partial charge in [0.15, 0.2) is 11.6 Å². The number of aromatic nitrogens is 2. The van der Waals surface area contributed by atoms with Crippen molar-refractivity contribution in [3.05, 3.63) is 82.8 Å². The van der Waals surface area contributed by atoms with Gasteiger partial charge in [-0.3, -0.25) is 10.1 Å². The Bertz CT molecular complexity index is 1080. The third-order valence-electron chi connectivity index (χ3n) is 5.43. The fraction of sp³-hybridized carbons (Fsp3) is 0.292. The summed E-state index contributed by atoms with van der Waals surface area (Å²) >= 11 is 5.93. The topological polar surface area (TPSA) is 85.2 Å². The van der Waals surface area contributed by atoms with Crippen molar-refractivity contribution in [1.82, 2.24) is 14.9 Å². The molecule has 32 heavy (non-hydrogen) atoms. The highest BCUT2D eigenvalue weighted by atomic mass is 35.5. The number of carbonyl (C=O) groups is 2. The maximum absolute atomic E-state index is 12.4. The van der Waals surface area contributed by atoms with Crippen molar-refractivity contribution in [2.45, 2.75) is 45.1 Å². The fourth-order valence-electron chi connectivity index (χ4n) is 3.69. The molecule has 0 spiro atoms. The Balaban J connectivity index is 1.28. The van der Waals surface area contributed by atoms with Gasteiger partial charge in [-0.05, 0) is 36.1 Å². The second kappa shape index (κ2) is 9.97. The van der Waals surface area contributed by atoms with Gasteiger partial charge in [0.05, 0.1) is 19.0 Å². The highest BCUT2D eigenvalue weighted by Gasteiger charge is 2.31. The van der Waals surface area contributed by atoms with Crippen LogP contribution >= 0.6 is 11.6 Å². The van der Waals surface area contributed by atoms with E-state index in [1.807, 2.05) is 42.5 Å². The van der Waals surface area contributed by atoms with Crippen molar-refractivity contribution in [2.75, 3.05) is 5.32 Å². The maximum Gasteiger partial charge on any atom is 0.320 e.